The van der Waals surface area contributed by atoms with Crippen LogP contribution in [0, 0.1) is 0 Å². The van der Waals surface area contributed by atoms with Crippen molar-refractivity contribution in [2.45, 2.75) is 12.0 Å². The molecule has 1 amide bonds. The Balaban J connectivity index is 1.85. The average molecular weight is 348 g/mol. The third kappa shape index (κ3) is 3.61. The average Bonchev–Trinajstić information content (AvgIpc) is 3.06. The fraction of sp³-hybridized carbons (Fsp3) is 0.312. The summed E-state index contributed by atoms with van der Waals surface area (Å²) in [4.78, 5) is 26.2. The van der Waals surface area contributed by atoms with Gasteiger partial charge in [0, 0.05) is 11.8 Å². The Morgan fingerprint density at radius 2 is 2.08 bits per heavy atom. The highest BCUT2D eigenvalue weighted by Gasteiger charge is 2.39. The third-order valence-corrected chi connectivity index (χ3v) is 4.42. The summed E-state index contributed by atoms with van der Waals surface area (Å²) in [5.74, 6) is -2.67. The van der Waals surface area contributed by atoms with Gasteiger partial charge in [-0.1, -0.05) is 30.3 Å². The highest BCUT2D eigenvalue weighted by Crippen LogP contribution is 2.34. The molecule has 0 radical (unpaired) electrons. The smallest absolute Gasteiger partial charge is 0.394 e. The van der Waals surface area contributed by atoms with E-state index >= 15 is 0 Å². The van der Waals surface area contributed by atoms with Crippen LogP contribution in [0.3, 0.4) is 0 Å². The molecule has 0 aliphatic carbocycles. The lowest BCUT2D eigenvalue weighted by atomic mass is 9.91. The van der Waals surface area contributed by atoms with E-state index in [-0.39, 0.29) is 5.13 Å². The zero-order valence-corrected chi connectivity index (χ0v) is 13.5. The second kappa shape index (κ2) is 7.08. The zero-order valence-electron chi connectivity index (χ0n) is 12.7. The molecular formula is C16H16N2O5S. The van der Waals surface area contributed by atoms with Crippen molar-refractivity contribution in [3.05, 3.63) is 47.0 Å². The first-order chi connectivity index (χ1) is 11.6. The number of nitrogens with one attached hydrogen (secondary N) is 1. The van der Waals surface area contributed by atoms with E-state index in [1.54, 1.807) is 5.38 Å². The molecule has 0 saturated carbocycles. The first kappa shape index (κ1) is 16.6. The van der Waals surface area contributed by atoms with Crippen molar-refractivity contribution in [3.63, 3.8) is 0 Å². The number of carbonyl (C=O) groups excluding carboxylic acids is 1. The molecule has 7 nitrogen and oxygen atoms in total. The summed E-state index contributed by atoms with van der Waals surface area (Å²) in [6.07, 6.45) is 0.573. The van der Waals surface area contributed by atoms with Crippen LogP contribution < -0.4 is 5.32 Å². The Hall–Kier alpha value is -2.29. The number of carboxylic acids is 1. The molecule has 1 aromatic carbocycles. The van der Waals surface area contributed by atoms with Gasteiger partial charge in [0.25, 0.3) is 0 Å². The van der Waals surface area contributed by atoms with Gasteiger partial charge in [0.1, 0.15) is 5.60 Å². The van der Waals surface area contributed by atoms with Crippen molar-refractivity contribution in [3.8, 4) is 0 Å². The van der Waals surface area contributed by atoms with E-state index in [9.17, 15) is 9.59 Å². The maximum absolute atomic E-state index is 11.3. The summed E-state index contributed by atoms with van der Waals surface area (Å²) in [5.41, 5.74) is 0.950. The molecule has 1 aliphatic rings. The van der Waals surface area contributed by atoms with Gasteiger partial charge < -0.3 is 14.6 Å². The zero-order chi connectivity index (χ0) is 17.0. The molecule has 8 heteroatoms. The van der Waals surface area contributed by atoms with E-state index in [2.05, 4.69) is 10.3 Å². The molecule has 2 N–H and O–H groups in total. The molecule has 1 aromatic heterocycles. The van der Waals surface area contributed by atoms with Crippen LogP contribution in [0.2, 0.25) is 0 Å². The van der Waals surface area contributed by atoms with Gasteiger partial charge >= 0.3 is 11.9 Å². The van der Waals surface area contributed by atoms with Gasteiger partial charge in [-0.05, 0) is 5.56 Å². The summed E-state index contributed by atoms with van der Waals surface area (Å²) in [7, 11) is 0. The standard InChI is InChI=1S/C16H16N2O5S/c19-13(14(20)21)18-15-17-12(9-24-15)16(10-22-6-7-23-16)8-11-4-2-1-3-5-11/h1-5,9H,6-8,10H2,(H,20,21)(H,17,18,19). The van der Waals surface area contributed by atoms with E-state index < -0.39 is 17.5 Å². The van der Waals surface area contributed by atoms with Crippen molar-refractivity contribution >= 4 is 28.3 Å². The monoisotopic (exact) mass is 348 g/mol. The Kier molecular flexibility index (Phi) is 4.89. The van der Waals surface area contributed by atoms with Gasteiger partial charge in [-0.2, -0.15) is 0 Å². The predicted octanol–water partition coefficient (Wildman–Crippen LogP) is 1.65. The molecule has 1 unspecified atom stereocenters. The van der Waals surface area contributed by atoms with Gasteiger partial charge in [0.05, 0.1) is 25.5 Å². The second-order valence-corrected chi connectivity index (χ2v) is 6.21. The molecule has 24 heavy (non-hydrogen) atoms. The van der Waals surface area contributed by atoms with Crippen LogP contribution in [0.5, 0.6) is 0 Å². The maximum Gasteiger partial charge on any atom is 0.394 e. The molecule has 126 valence electrons. The number of thiazole rings is 1. The summed E-state index contributed by atoms with van der Waals surface area (Å²) < 4.78 is 11.6. The van der Waals surface area contributed by atoms with Gasteiger partial charge in [-0.3, -0.25) is 10.1 Å². The molecule has 2 heterocycles. The number of aliphatic carboxylic acids is 1. The topological polar surface area (TPSA) is 97.8 Å². The molecular weight excluding hydrogens is 332 g/mol. The van der Waals surface area contributed by atoms with E-state index in [4.69, 9.17) is 14.6 Å². The minimum Gasteiger partial charge on any atom is -0.474 e. The van der Waals surface area contributed by atoms with Crippen molar-refractivity contribution in [2.24, 2.45) is 0 Å². The molecule has 1 aliphatic heterocycles. The normalized spacial score (nSPS) is 20.5. The van der Waals surface area contributed by atoms with E-state index in [1.165, 1.54) is 0 Å². The third-order valence-electron chi connectivity index (χ3n) is 3.66. The minimum atomic E-state index is -1.55. The van der Waals surface area contributed by atoms with Crippen LogP contribution in [-0.4, -0.2) is 41.8 Å². The minimum absolute atomic E-state index is 0.221. The predicted molar refractivity (Wildman–Crippen MR) is 87.0 cm³/mol. The first-order valence-electron chi connectivity index (χ1n) is 7.35. The number of hydrogen-bond acceptors (Lipinski definition) is 6. The number of rotatable bonds is 4. The molecule has 1 atom stereocenters. The fourth-order valence-electron chi connectivity index (χ4n) is 2.53. The number of anilines is 1. The molecule has 2 aromatic rings. The second-order valence-electron chi connectivity index (χ2n) is 5.35. The van der Waals surface area contributed by atoms with Crippen molar-refractivity contribution < 1.29 is 24.2 Å². The Labute approximate surface area is 142 Å². The number of amides is 1. The molecule has 1 saturated heterocycles. The molecule has 1 fully saturated rings. The highest BCUT2D eigenvalue weighted by molar-refractivity contribution is 7.14. The lowest BCUT2D eigenvalue weighted by Crippen LogP contribution is -2.43. The van der Waals surface area contributed by atoms with Crippen LogP contribution in [0.1, 0.15) is 11.3 Å². The largest absolute Gasteiger partial charge is 0.474 e. The first-order valence-corrected chi connectivity index (χ1v) is 8.23. The number of carbonyl (C=O) groups is 2. The van der Waals surface area contributed by atoms with Gasteiger partial charge in [-0.15, -0.1) is 11.3 Å². The van der Waals surface area contributed by atoms with Crippen LogP contribution in [0.15, 0.2) is 35.7 Å². The van der Waals surface area contributed by atoms with E-state index in [0.29, 0.717) is 31.9 Å². The van der Waals surface area contributed by atoms with Crippen LogP contribution in [0.25, 0.3) is 0 Å². The van der Waals surface area contributed by atoms with E-state index in [0.717, 1.165) is 16.9 Å². The lowest BCUT2D eigenvalue weighted by Gasteiger charge is -2.36. The number of hydrogen-bond donors (Lipinski definition) is 2. The number of carboxylic acid groups (broad SMARTS) is 1. The van der Waals surface area contributed by atoms with Crippen LogP contribution in [0.4, 0.5) is 5.13 Å². The molecule has 3 rings (SSSR count). The SMILES string of the molecule is O=C(O)C(=O)Nc1nc(C2(Cc3ccccc3)COCCO2)cs1. The number of ether oxygens (including phenoxy) is 2. The number of nitrogens with zero attached hydrogens (tertiary/aromatic N) is 1. The summed E-state index contributed by atoms with van der Waals surface area (Å²) in [6, 6.07) is 9.84. The van der Waals surface area contributed by atoms with Crippen molar-refractivity contribution in [2.75, 3.05) is 25.1 Å². The fourth-order valence-corrected chi connectivity index (χ4v) is 3.33. The number of benzene rings is 1. The van der Waals surface area contributed by atoms with E-state index in [1.807, 2.05) is 30.3 Å². The molecule has 0 spiro atoms. The van der Waals surface area contributed by atoms with Crippen molar-refractivity contribution in [1.82, 2.24) is 4.98 Å². The molecule has 0 bridgehead atoms. The van der Waals surface area contributed by atoms with Crippen molar-refractivity contribution in [1.29, 1.82) is 0 Å². The highest BCUT2D eigenvalue weighted by atomic mass is 32.1. The Bertz CT molecular complexity index is 725. The van der Waals surface area contributed by atoms with Crippen LogP contribution >= 0.6 is 11.3 Å². The summed E-state index contributed by atoms with van der Waals surface area (Å²) in [5, 5.41) is 12.9. The maximum atomic E-state index is 11.3. The van der Waals surface area contributed by atoms with Crippen LogP contribution in [-0.2, 0) is 31.1 Å². The Morgan fingerprint density at radius 1 is 1.29 bits per heavy atom. The Morgan fingerprint density at radius 3 is 2.75 bits per heavy atom. The lowest BCUT2D eigenvalue weighted by molar-refractivity contribution is -0.164. The quantitative estimate of drug-likeness (QED) is 0.816. The summed E-state index contributed by atoms with van der Waals surface area (Å²) in [6.45, 7) is 1.31. The number of aromatic nitrogens is 1. The van der Waals surface area contributed by atoms with Gasteiger partial charge in [-0.25, -0.2) is 9.78 Å². The van der Waals surface area contributed by atoms with Gasteiger partial charge in [0.15, 0.2) is 5.13 Å². The van der Waals surface area contributed by atoms with Gasteiger partial charge in [0.2, 0.25) is 0 Å². The summed E-state index contributed by atoms with van der Waals surface area (Å²) >= 11 is 1.16.